The number of nitrogens with one attached hydrogen (secondary N) is 2. The topological polar surface area (TPSA) is 197 Å². The first-order valence-corrected chi connectivity index (χ1v) is 18.4. The molecule has 266 valence electrons. The van der Waals surface area contributed by atoms with Crippen LogP contribution in [0.15, 0.2) is 141 Å². The summed E-state index contributed by atoms with van der Waals surface area (Å²) in [5.41, 5.74) is 1.91. The van der Waals surface area contributed by atoms with E-state index in [2.05, 4.69) is 9.98 Å². The minimum atomic E-state index is -3.88. The van der Waals surface area contributed by atoms with Crippen LogP contribution in [0.1, 0.15) is 25.0 Å². The summed E-state index contributed by atoms with van der Waals surface area (Å²) < 4.78 is 51.4. The van der Waals surface area contributed by atoms with Crippen molar-refractivity contribution in [3.63, 3.8) is 0 Å². The SMILES string of the molecule is CC(=O)NS(=O)(=O)c1ccc(N=Cc2c([O-])ccc3ccccc23)cc1.CC(=O)NS(=O)(=O)c1ccc(N=Cc2c([O-])ccc3ccccc23)cc1.[Sn+2]. The Morgan fingerprint density at radius 2 is 0.868 bits per heavy atom. The second-order valence-electron chi connectivity index (χ2n) is 11.2. The fourth-order valence-corrected chi connectivity index (χ4v) is 7.00. The molecule has 2 amide bonds. The Morgan fingerprint density at radius 3 is 1.21 bits per heavy atom. The average Bonchev–Trinajstić information content (AvgIpc) is 3.10. The number of carbonyl (C=O) groups is 2. The van der Waals surface area contributed by atoms with Crippen molar-refractivity contribution in [1.29, 1.82) is 0 Å². The van der Waals surface area contributed by atoms with Gasteiger partial charge in [-0.15, -0.1) is 0 Å². The van der Waals surface area contributed by atoms with Crippen molar-refractivity contribution >= 4 is 101 Å². The van der Waals surface area contributed by atoms with E-state index in [0.717, 1.165) is 35.4 Å². The summed E-state index contributed by atoms with van der Waals surface area (Å²) in [6.07, 6.45) is 2.95. The van der Waals surface area contributed by atoms with Gasteiger partial charge in [0.25, 0.3) is 20.0 Å². The first kappa shape index (κ1) is 40.2. The van der Waals surface area contributed by atoms with Gasteiger partial charge in [-0.1, -0.05) is 84.3 Å². The smallest absolute Gasteiger partial charge is 0.872 e. The zero-order valence-corrected chi connectivity index (χ0v) is 32.7. The zero-order valence-electron chi connectivity index (χ0n) is 28.2. The van der Waals surface area contributed by atoms with Crippen molar-refractivity contribution in [2.24, 2.45) is 9.98 Å². The van der Waals surface area contributed by atoms with Crippen LogP contribution in [0.5, 0.6) is 11.5 Å². The molecule has 6 aromatic carbocycles. The molecule has 15 heteroatoms. The maximum Gasteiger partial charge on any atom is 2.00 e. The molecular weight excluding hydrogens is 823 g/mol. The predicted molar refractivity (Wildman–Crippen MR) is 202 cm³/mol. The summed E-state index contributed by atoms with van der Waals surface area (Å²) in [5, 5.41) is 27.7. The van der Waals surface area contributed by atoms with Crippen LogP contribution in [0.3, 0.4) is 0 Å². The number of sulfonamides is 2. The number of hydrogen-bond acceptors (Lipinski definition) is 10. The number of benzene rings is 6. The van der Waals surface area contributed by atoms with Crippen molar-refractivity contribution in [3.05, 3.63) is 132 Å². The van der Waals surface area contributed by atoms with E-state index in [4.69, 9.17) is 0 Å². The Labute approximate surface area is 323 Å². The number of rotatable bonds is 8. The van der Waals surface area contributed by atoms with E-state index >= 15 is 0 Å². The van der Waals surface area contributed by atoms with Crippen LogP contribution in [0.2, 0.25) is 0 Å². The van der Waals surface area contributed by atoms with Crippen molar-refractivity contribution < 1.29 is 36.6 Å². The van der Waals surface area contributed by atoms with Crippen LogP contribution in [-0.2, 0) is 29.6 Å². The molecule has 2 N–H and O–H groups in total. The van der Waals surface area contributed by atoms with E-state index in [9.17, 15) is 36.6 Å². The third-order valence-corrected chi connectivity index (χ3v) is 10.3. The normalized spacial score (nSPS) is 11.5. The zero-order chi connectivity index (χ0) is 37.5. The Bertz CT molecular complexity index is 2400. The number of fused-ring (bicyclic) bond motifs is 2. The number of amides is 2. The fraction of sp³-hybridized carbons (Fsp3) is 0.0526. The molecule has 0 fully saturated rings. The number of nitrogens with zero attached hydrogens (tertiary/aromatic N) is 2. The van der Waals surface area contributed by atoms with E-state index in [1.807, 2.05) is 58.0 Å². The largest absolute Gasteiger partial charge is 2.00 e. The Balaban J connectivity index is 0.000000232. The van der Waals surface area contributed by atoms with Gasteiger partial charge in [0, 0.05) is 26.3 Å². The van der Waals surface area contributed by atoms with Crippen LogP contribution < -0.4 is 19.7 Å². The van der Waals surface area contributed by atoms with Gasteiger partial charge < -0.3 is 10.2 Å². The molecule has 0 aliphatic carbocycles. The third kappa shape index (κ3) is 10.3. The quantitative estimate of drug-likeness (QED) is 0.164. The minimum absolute atomic E-state index is 0. The third-order valence-electron chi connectivity index (χ3n) is 7.40. The van der Waals surface area contributed by atoms with Gasteiger partial charge in [-0.05, 0) is 81.2 Å². The van der Waals surface area contributed by atoms with Gasteiger partial charge in [0.1, 0.15) is 0 Å². The first-order valence-electron chi connectivity index (χ1n) is 15.5. The summed E-state index contributed by atoms with van der Waals surface area (Å²) in [4.78, 5) is 30.4. The van der Waals surface area contributed by atoms with Crippen molar-refractivity contribution in [3.8, 4) is 11.5 Å². The Kier molecular flexibility index (Phi) is 13.1. The van der Waals surface area contributed by atoms with Crippen LogP contribution in [0.25, 0.3) is 21.5 Å². The van der Waals surface area contributed by atoms with Gasteiger partial charge in [-0.3, -0.25) is 19.6 Å². The summed E-state index contributed by atoms with van der Waals surface area (Å²) in [7, 11) is -7.76. The number of hydrogen-bond donors (Lipinski definition) is 2. The standard InChI is InChI=1S/2C19H16N2O4S.Sn/c2*1-13(22)21-26(24,25)16-9-7-15(8-10-16)20-12-18-17-5-3-2-4-14(17)6-11-19(18)23;/h2*2-12,23H,1H3,(H,21,22);/q;;+2/p-2. The van der Waals surface area contributed by atoms with Crippen molar-refractivity contribution in [2.75, 3.05) is 0 Å². The molecule has 0 unspecified atom stereocenters. The Hall–Kier alpha value is -5.58. The number of aliphatic imine (C=N–C) groups is 2. The summed E-state index contributed by atoms with van der Waals surface area (Å²) in [6.45, 7) is 2.25. The molecule has 0 aromatic heterocycles. The average molecular weight is 854 g/mol. The molecule has 53 heavy (non-hydrogen) atoms. The molecule has 0 bridgehead atoms. The van der Waals surface area contributed by atoms with Gasteiger partial charge in [0.05, 0.1) is 21.2 Å². The maximum absolute atomic E-state index is 12.1. The van der Waals surface area contributed by atoms with E-state index in [1.54, 1.807) is 12.1 Å². The maximum atomic E-state index is 12.1. The molecule has 0 heterocycles. The van der Waals surface area contributed by atoms with Crippen LogP contribution >= 0.6 is 0 Å². The van der Waals surface area contributed by atoms with Gasteiger partial charge >= 0.3 is 23.9 Å². The van der Waals surface area contributed by atoms with Crippen molar-refractivity contribution in [1.82, 2.24) is 9.44 Å². The molecule has 0 aliphatic heterocycles. The van der Waals surface area contributed by atoms with Gasteiger partial charge in [0.15, 0.2) is 0 Å². The van der Waals surface area contributed by atoms with E-state index < -0.39 is 31.9 Å². The van der Waals surface area contributed by atoms with E-state index in [1.165, 1.54) is 73.1 Å². The molecule has 0 aliphatic rings. The molecule has 0 saturated carbocycles. The van der Waals surface area contributed by atoms with Crippen LogP contribution in [-0.4, -0.2) is 65.0 Å². The van der Waals surface area contributed by atoms with Gasteiger partial charge in [-0.25, -0.2) is 26.3 Å². The second-order valence-corrected chi connectivity index (χ2v) is 14.6. The molecule has 12 nitrogen and oxygen atoms in total. The molecule has 6 aromatic rings. The fourth-order valence-electron chi connectivity index (χ4n) is 5.01. The van der Waals surface area contributed by atoms with E-state index in [0.29, 0.717) is 22.5 Å². The minimum Gasteiger partial charge on any atom is -0.872 e. The summed E-state index contributed by atoms with van der Waals surface area (Å²) in [5.74, 6) is -1.60. The molecule has 6 rings (SSSR count). The molecule has 0 saturated heterocycles. The summed E-state index contributed by atoms with van der Waals surface area (Å²) >= 11 is 0. The number of carbonyl (C=O) groups excluding carboxylic acids is 2. The van der Waals surface area contributed by atoms with Crippen LogP contribution in [0.4, 0.5) is 11.4 Å². The Morgan fingerprint density at radius 1 is 0.528 bits per heavy atom. The van der Waals surface area contributed by atoms with E-state index in [-0.39, 0.29) is 45.2 Å². The van der Waals surface area contributed by atoms with Crippen molar-refractivity contribution in [2.45, 2.75) is 23.6 Å². The second kappa shape index (κ2) is 17.3. The monoisotopic (exact) mass is 854 g/mol. The van der Waals surface area contributed by atoms with Crippen LogP contribution in [0, 0.1) is 0 Å². The summed E-state index contributed by atoms with van der Waals surface area (Å²) in [6, 6.07) is 32.9. The molecule has 0 atom stereocenters. The van der Waals surface area contributed by atoms with Gasteiger partial charge in [-0.2, -0.15) is 0 Å². The van der Waals surface area contributed by atoms with Gasteiger partial charge in [0.2, 0.25) is 11.8 Å². The molecular formula is C38H30N4O8S2Sn. The predicted octanol–water partition coefficient (Wildman–Crippen LogP) is 4.60. The first-order chi connectivity index (χ1) is 24.7. The molecule has 0 spiro atoms. The molecule has 2 radical (unpaired) electrons.